The molecule has 0 aromatic heterocycles. The van der Waals surface area contributed by atoms with Crippen molar-refractivity contribution in [2.75, 3.05) is 39.6 Å². The van der Waals surface area contributed by atoms with Gasteiger partial charge in [-0.15, -0.1) is 0 Å². The fraction of sp³-hybridized carbons (Fsp3) is 0.955. The number of unbranched alkanes of at least 4 members (excludes halogenated alkanes) is 60. The smallest absolute Gasteiger partial charge is 0.462 e. The molecule has 0 aliphatic rings. The standard InChI is InChI=1S/C88H172O17P2/c1-6-9-12-15-18-21-24-27-30-33-36-38-41-44-47-50-53-58-64-68-73-87(92)104-83(77-98-85(90)71-66-61-56-51-48-45-42-40-37-34-31-28-25-22-19-16-13-10-7-2)79-102-106(94,95)100-75-82(89)76-101-107(96,97)103-80-84(78-99-86(91)72-67-62-59-54-55-60-65-70-81(4)5)105-88(93)74-69-63-57-52-49-46-43-39-35-32-29-26-23-20-17-14-11-8-3/h81-84,89H,6-80H2,1-5H3,(H,94,95)(H,96,97)/t82-,83-,84-/m1/s1. The number of hydrogen-bond donors (Lipinski definition) is 3. The van der Waals surface area contributed by atoms with Crippen molar-refractivity contribution in [3.63, 3.8) is 0 Å². The summed E-state index contributed by atoms with van der Waals surface area (Å²) in [6, 6.07) is 0. The highest BCUT2D eigenvalue weighted by Crippen LogP contribution is 2.45. The Morgan fingerprint density at radius 1 is 0.252 bits per heavy atom. The highest BCUT2D eigenvalue weighted by atomic mass is 31.2. The molecule has 19 heteroatoms. The van der Waals surface area contributed by atoms with Crippen molar-refractivity contribution in [3.05, 3.63) is 0 Å². The lowest BCUT2D eigenvalue weighted by Crippen LogP contribution is -2.30. The second kappa shape index (κ2) is 80.7. The Balaban J connectivity index is 5.22. The number of carbonyl (C=O) groups is 4. The van der Waals surface area contributed by atoms with Crippen LogP contribution in [0.1, 0.15) is 478 Å². The molecule has 2 unspecified atom stereocenters. The van der Waals surface area contributed by atoms with Gasteiger partial charge in [0.25, 0.3) is 0 Å². The molecular formula is C88H172O17P2. The first-order chi connectivity index (χ1) is 52.0. The van der Waals surface area contributed by atoms with Gasteiger partial charge >= 0.3 is 39.5 Å². The summed E-state index contributed by atoms with van der Waals surface area (Å²) in [5, 5.41) is 10.7. The van der Waals surface area contributed by atoms with Gasteiger partial charge in [0.15, 0.2) is 12.2 Å². The van der Waals surface area contributed by atoms with Crippen molar-refractivity contribution in [1.82, 2.24) is 0 Å². The first kappa shape index (κ1) is 105. The maximum Gasteiger partial charge on any atom is 0.472 e. The van der Waals surface area contributed by atoms with E-state index in [1.807, 2.05) is 0 Å². The van der Waals surface area contributed by atoms with Crippen LogP contribution in [0.15, 0.2) is 0 Å². The highest BCUT2D eigenvalue weighted by Gasteiger charge is 2.30. The van der Waals surface area contributed by atoms with E-state index in [1.54, 1.807) is 0 Å². The molecule has 0 rings (SSSR count). The van der Waals surface area contributed by atoms with Gasteiger partial charge in [-0.1, -0.05) is 426 Å². The summed E-state index contributed by atoms with van der Waals surface area (Å²) < 4.78 is 69.0. The van der Waals surface area contributed by atoms with E-state index >= 15 is 0 Å². The molecular weight excluding hydrogens is 1390 g/mol. The molecule has 17 nitrogen and oxygen atoms in total. The first-order valence-corrected chi connectivity index (χ1v) is 48.6. The quantitative estimate of drug-likeness (QED) is 0.0222. The van der Waals surface area contributed by atoms with Crippen molar-refractivity contribution >= 4 is 39.5 Å². The number of phosphoric acid groups is 2. The maximum absolute atomic E-state index is 13.2. The predicted octanol–water partition coefficient (Wildman–Crippen LogP) is 27.2. The Labute approximate surface area is 658 Å². The van der Waals surface area contributed by atoms with Gasteiger partial charge in [0.2, 0.25) is 0 Å². The van der Waals surface area contributed by atoms with Gasteiger partial charge in [-0.05, 0) is 31.6 Å². The van der Waals surface area contributed by atoms with Crippen LogP contribution in [-0.2, 0) is 65.4 Å². The van der Waals surface area contributed by atoms with Crippen LogP contribution in [0.2, 0.25) is 0 Å². The Hall–Kier alpha value is -1.94. The van der Waals surface area contributed by atoms with Crippen molar-refractivity contribution in [2.24, 2.45) is 5.92 Å². The van der Waals surface area contributed by atoms with Gasteiger partial charge in [-0.25, -0.2) is 9.13 Å². The summed E-state index contributed by atoms with van der Waals surface area (Å²) in [5.41, 5.74) is 0. The largest absolute Gasteiger partial charge is 0.472 e. The van der Waals surface area contributed by atoms with Crippen molar-refractivity contribution in [2.45, 2.75) is 496 Å². The number of esters is 4. The van der Waals surface area contributed by atoms with Crippen LogP contribution in [0.25, 0.3) is 0 Å². The summed E-state index contributed by atoms with van der Waals surface area (Å²) in [4.78, 5) is 73.3. The zero-order chi connectivity index (χ0) is 78.3. The van der Waals surface area contributed by atoms with Crippen molar-refractivity contribution in [1.29, 1.82) is 0 Å². The summed E-state index contributed by atoms with van der Waals surface area (Å²) in [7, 11) is -9.93. The van der Waals surface area contributed by atoms with Crippen LogP contribution < -0.4 is 0 Å². The van der Waals surface area contributed by atoms with E-state index in [9.17, 15) is 43.2 Å². The average Bonchev–Trinajstić information content (AvgIpc) is 0.905. The van der Waals surface area contributed by atoms with Crippen LogP contribution in [-0.4, -0.2) is 96.7 Å². The highest BCUT2D eigenvalue weighted by molar-refractivity contribution is 7.47. The number of rotatable bonds is 88. The minimum atomic E-state index is -4.97. The van der Waals surface area contributed by atoms with Crippen LogP contribution in [0.3, 0.4) is 0 Å². The molecule has 5 atom stereocenters. The fourth-order valence-electron chi connectivity index (χ4n) is 13.8. The van der Waals surface area contributed by atoms with Gasteiger partial charge in [0.05, 0.1) is 26.4 Å². The average molecular weight is 1560 g/mol. The molecule has 0 radical (unpaired) electrons. The molecule has 0 amide bonds. The summed E-state index contributed by atoms with van der Waals surface area (Å²) in [5.74, 6) is -1.39. The lowest BCUT2D eigenvalue weighted by Gasteiger charge is -2.21. The second-order valence-corrected chi connectivity index (χ2v) is 35.0. The summed E-state index contributed by atoms with van der Waals surface area (Å²) >= 11 is 0. The molecule has 0 bridgehead atoms. The molecule has 0 spiro atoms. The SMILES string of the molecule is CCCCCCCCCCCCCCCCCCCCCCC(=O)O[C@H](COC(=O)CCCCCCCCCCCCCCCCCCCCC)COP(=O)(O)OC[C@@H](O)COP(=O)(O)OC[C@@H](COC(=O)CCCCCCCCCC(C)C)OC(=O)CCCCCCCCCCCCCCCCCCCC. The minimum absolute atomic E-state index is 0.108. The topological polar surface area (TPSA) is 237 Å². The summed E-state index contributed by atoms with van der Waals surface area (Å²) in [6.45, 7) is 7.32. The second-order valence-electron chi connectivity index (χ2n) is 32.1. The Kier molecular flexibility index (Phi) is 79.2. The predicted molar refractivity (Wildman–Crippen MR) is 442 cm³/mol. The number of aliphatic hydroxyl groups is 1. The van der Waals surface area contributed by atoms with Crippen molar-refractivity contribution in [3.8, 4) is 0 Å². The third-order valence-corrected chi connectivity index (χ3v) is 22.7. The van der Waals surface area contributed by atoms with Crippen LogP contribution >= 0.6 is 15.6 Å². The van der Waals surface area contributed by atoms with E-state index in [2.05, 4.69) is 34.6 Å². The van der Waals surface area contributed by atoms with E-state index in [0.717, 1.165) is 96.3 Å². The molecule has 0 saturated heterocycles. The van der Waals surface area contributed by atoms with E-state index in [4.69, 9.17) is 37.0 Å². The molecule has 0 saturated carbocycles. The third-order valence-electron chi connectivity index (χ3n) is 20.8. The molecule has 3 N–H and O–H groups in total. The van der Waals surface area contributed by atoms with Gasteiger partial charge in [0, 0.05) is 25.7 Å². The zero-order valence-corrected chi connectivity index (χ0v) is 72.1. The minimum Gasteiger partial charge on any atom is -0.462 e. The zero-order valence-electron chi connectivity index (χ0n) is 70.3. The van der Waals surface area contributed by atoms with Gasteiger partial charge in [0.1, 0.15) is 19.3 Å². The monoisotopic (exact) mass is 1560 g/mol. The maximum atomic E-state index is 13.2. The number of hydrogen-bond acceptors (Lipinski definition) is 15. The number of aliphatic hydroxyl groups excluding tert-OH is 1. The number of carbonyl (C=O) groups excluding carboxylic acids is 4. The molecule has 636 valence electrons. The molecule has 0 aromatic rings. The van der Waals surface area contributed by atoms with E-state index < -0.39 is 97.5 Å². The van der Waals surface area contributed by atoms with Crippen LogP contribution in [0, 0.1) is 5.92 Å². The lowest BCUT2D eigenvalue weighted by atomic mass is 10.0. The lowest BCUT2D eigenvalue weighted by molar-refractivity contribution is -0.161. The van der Waals surface area contributed by atoms with E-state index in [-0.39, 0.29) is 25.7 Å². The van der Waals surface area contributed by atoms with Gasteiger partial charge in [-0.3, -0.25) is 37.3 Å². The van der Waals surface area contributed by atoms with E-state index in [0.29, 0.717) is 31.6 Å². The third kappa shape index (κ3) is 81.9. The molecule has 0 heterocycles. The van der Waals surface area contributed by atoms with Gasteiger partial charge < -0.3 is 33.8 Å². The normalized spacial score (nSPS) is 13.7. The van der Waals surface area contributed by atoms with Gasteiger partial charge in [-0.2, -0.15) is 0 Å². The molecule has 0 aromatic carbocycles. The van der Waals surface area contributed by atoms with E-state index in [1.165, 1.54) is 295 Å². The molecule has 0 aliphatic heterocycles. The number of ether oxygens (including phenoxy) is 4. The van der Waals surface area contributed by atoms with Crippen LogP contribution in [0.4, 0.5) is 0 Å². The summed E-state index contributed by atoms with van der Waals surface area (Å²) in [6.07, 6.45) is 75.2. The first-order valence-electron chi connectivity index (χ1n) is 45.6. The Bertz CT molecular complexity index is 2030. The molecule has 0 aliphatic carbocycles. The molecule has 107 heavy (non-hydrogen) atoms. The number of phosphoric ester groups is 2. The fourth-order valence-corrected chi connectivity index (χ4v) is 15.4. The molecule has 0 fully saturated rings. The Morgan fingerprint density at radius 2 is 0.430 bits per heavy atom. The van der Waals surface area contributed by atoms with Crippen LogP contribution in [0.5, 0.6) is 0 Å². The van der Waals surface area contributed by atoms with Crippen molar-refractivity contribution < 1.29 is 80.2 Å². The Morgan fingerprint density at radius 3 is 0.636 bits per heavy atom.